The molecule has 0 saturated carbocycles. The normalized spacial score (nSPS) is 12.2. The Morgan fingerprint density at radius 2 is 1.55 bits per heavy atom. The molecule has 31 heavy (non-hydrogen) atoms. The maximum atomic E-state index is 13.0. The van der Waals surface area contributed by atoms with E-state index in [9.17, 15) is 13.2 Å². The summed E-state index contributed by atoms with van der Waals surface area (Å²) in [5, 5.41) is 3.04. The van der Waals surface area contributed by atoms with E-state index < -0.39 is 10.0 Å². The van der Waals surface area contributed by atoms with Gasteiger partial charge in [-0.25, -0.2) is 8.42 Å². The van der Waals surface area contributed by atoms with Gasteiger partial charge in [-0.15, -0.1) is 0 Å². The van der Waals surface area contributed by atoms with E-state index in [0.29, 0.717) is 5.69 Å². The first-order valence-electron chi connectivity index (χ1n) is 10.3. The van der Waals surface area contributed by atoms with E-state index in [2.05, 4.69) is 5.32 Å². The number of anilines is 1. The van der Waals surface area contributed by atoms with Gasteiger partial charge in [0.1, 0.15) is 6.54 Å². The van der Waals surface area contributed by atoms with E-state index in [4.69, 9.17) is 0 Å². The molecule has 0 bridgehead atoms. The van der Waals surface area contributed by atoms with Gasteiger partial charge < -0.3 is 5.32 Å². The van der Waals surface area contributed by atoms with Crippen LogP contribution in [0.15, 0.2) is 78.9 Å². The van der Waals surface area contributed by atoms with Crippen LogP contribution in [0.1, 0.15) is 35.2 Å². The monoisotopic (exact) mass is 436 g/mol. The number of carbonyl (C=O) groups excluding carboxylic acids is 1. The lowest BCUT2D eigenvalue weighted by molar-refractivity contribution is -0.120. The number of amides is 1. The molecule has 6 heteroatoms. The molecular weight excluding hydrogens is 408 g/mol. The van der Waals surface area contributed by atoms with Gasteiger partial charge in [-0.3, -0.25) is 9.10 Å². The maximum absolute atomic E-state index is 13.0. The first kappa shape index (κ1) is 22.6. The number of nitrogens with zero attached hydrogens (tertiary/aromatic N) is 1. The van der Waals surface area contributed by atoms with Crippen molar-refractivity contribution in [3.8, 4) is 0 Å². The molecule has 0 aromatic heterocycles. The lowest BCUT2D eigenvalue weighted by atomic mass is 9.95. The summed E-state index contributed by atoms with van der Waals surface area (Å²) >= 11 is 0. The Kier molecular flexibility index (Phi) is 7.13. The molecule has 0 radical (unpaired) electrons. The zero-order valence-electron chi connectivity index (χ0n) is 18.1. The van der Waals surface area contributed by atoms with Gasteiger partial charge in [-0.05, 0) is 47.7 Å². The quantitative estimate of drug-likeness (QED) is 0.575. The summed E-state index contributed by atoms with van der Waals surface area (Å²) in [6.07, 6.45) is 1.97. The fraction of sp³-hybridized carbons (Fsp3) is 0.240. The molecule has 1 amide bonds. The summed E-state index contributed by atoms with van der Waals surface area (Å²) in [5.41, 5.74) is 4.53. The van der Waals surface area contributed by atoms with Crippen LogP contribution >= 0.6 is 0 Å². The highest BCUT2D eigenvalue weighted by Gasteiger charge is 2.24. The minimum atomic E-state index is -3.63. The van der Waals surface area contributed by atoms with Crippen LogP contribution in [0, 0.1) is 6.92 Å². The predicted octanol–water partition coefficient (Wildman–Crippen LogP) is 4.23. The number of aryl methyl sites for hydroxylation is 2. The molecule has 0 aliphatic rings. The number of hydrogen-bond donors (Lipinski definition) is 1. The third kappa shape index (κ3) is 5.73. The standard InChI is InChI=1S/C25H28N2O3S/c1-4-20-14-16-22(17-15-20)27(31(3,29)30)18-24(28)26-25(21-11-6-5-7-12-21)23-13-9-8-10-19(23)2/h5-17,25H,4,18H2,1-3H3,(H,26,28)/t25-/m1/s1. The molecule has 0 aliphatic heterocycles. The molecule has 0 spiro atoms. The van der Waals surface area contributed by atoms with Gasteiger partial charge in [0.2, 0.25) is 15.9 Å². The topological polar surface area (TPSA) is 66.5 Å². The molecule has 0 unspecified atom stereocenters. The molecule has 3 aromatic rings. The van der Waals surface area contributed by atoms with Crippen LogP contribution in [0.3, 0.4) is 0 Å². The van der Waals surface area contributed by atoms with Crippen molar-refractivity contribution in [3.05, 3.63) is 101 Å². The minimum Gasteiger partial charge on any atom is -0.344 e. The minimum absolute atomic E-state index is 0.292. The summed E-state index contributed by atoms with van der Waals surface area (Å²) in [7, 11) is -3.63. The van der Waals surface area contributed by atoms with Crippen LogP contribution in [0.25, 0.3) is 0 Å². The predicted molar refractivity (Wildman–Crippen MR) is 126 cm³/mol. The summed E-state index contributed by atoms with van der Waals surface area (Å²) in [4.78, 5) is 13.0. The van der Waals surface area contributed by atoms with Crippen LogP contribution in [-0.4, -0.2) is 27.1 Å². The lowest BCUT2D eigenvalue weighted by Gasteiger charge is -2.25. The van der Waals surface area contributed by atoms with Crippen molar-refractivity contribution in [1.29, 1.82) is 0 Å². The number of sulfonamides is 1. The molecule has 0 heterocycles. The second kappa shape index (κ2) is 9.79. The van der Waals surface area contributed by atoms with E-state index in [1.54, 1.807) is 12.1 Å². The van der Waals surface area contributed by atoms with Crippen molar-refractivity contribution in [2.24, 2.45) is 0 Å². The molecule has 0 saturated heterocycles. The largest absolute Gasteiger partial charge is 0.344 e. The first-order valence-corrected chi connectivity index (χ1v) is 12.1. The number of benzene rings is 3. The maximum Gasteiger partial charge on any atom is 0.241 e. The van der Waals surface area contributed by atoms with Gasteiger partial charge in [0.15, 0.2) is 0 Å². The molecule has 5 nitrogen and oxygen atoms in total. The highest BCUT2D eigenvalue weighted by molar-refractivity contribution is 7.92. The zero-order chi connectivity index (χ0) is 22.4. The number of nitrogens with one attached hydrogen (secondary N) is 1. The number of hydrogen-bond acceptors (Lipinski definition) is 3. The van der Waals surface area contributed by atoms with E-state index in [1.165, 1.54) is 0 Å². The van der Waals surface area contributed by atoms with Crippen molar-refractivity contribution in [2.45, 2.75) is 26.3 Å². The Morgan fingerprint density at radius 1 is 0.935 bits per heavy atom. The Bertz CT molecular complexity index is 1130. The van der Waals surface area contributed by atoms with Gasteiger partial charge in [-0.2, -0.15) is 0 Å². The fourth-order valence-electron chi connectivity index (χ4n) is 3.53. The molecule has 3 aromatic carbocycles. The molecule has 162 valence electrons. The number of carbonyl (C=O) groups is 1. The van der Waals surface area contributed by atoms with Crippen LogP contribution in [-0.2, 0) is 21.2 Å². The Labute approximate surface area is 184 Å². The van der Waals surface area contributed by atoms with Crippen molar-refractivity contribution >= 4 is 21.6 Å². The van der Waals surface area contributed by atoms with E-state index in [1.807, 2.05) is 80.6 Å². The Hall–Kier alpha value is -3.12. The zero-order valence-corrected chi connectivity index (χ0v) is 18.9. The van der Waals surface area contributed by atoms with Gasteiger partial charge in [0, 0.05) is 0 Å². The Balaban J connectivity index is 1.89. The van der Waals surface area contributed by atoms with Crippen molar-refractivity contribution < 1.29 is 13.2 Å². The highest BCUT2D eigenvalue weighted by atomic mass is 32.2. The van der Waals surface area contributed by atoms with Gasteiger partial charge in [0.05, 0.1) is 18.0 Å². The molecular formula is C25H28N2O3S. The summed E-state index contributed by atoms with van der Waals surface area (Å²) in [6, 6.07) is 24.4. The van der Waals surface area contributed by atoms with Crippen LogP contribution < -0.4 is 9.62 Å². The number of rotatable bonds is 8. The van der Waals surface area contributed by atoms with Crippen molar-refractivity contribution in [2.75, 3.05) is 17.1 Å². The van der Waals surface area contributed by atoms with Gasteiger partial charge in [-0.1, -0.05) is 73.7 Å². The summed E-state index contributed by atoms with van der Waals surface area (Å²) < 4.78 is 26.0. The first-order chi connectivity index (χ1) is 14.8. The molecule has 1 N–H and O–H groups in total. The summed E-state index contributed by atoms with van der Waals surface area (Å²) in [5.74, 6) is -0.373. The van der Waals surface area contributed by atoms with Gasteiger partial charge in [0.25, 0.3) is 0 Å². The average molecular weight is 437 g/mol. The fourth-order valence-corrected chi connectivity index (χ4v) is 4.39. The van der Waals surface area contributed by atoms with Crippen molar-refractivity contribution in [1.82, 2.24) is 5.32 Å². The third-order valence-corrected chi connectivity index (χ3v) is 6.40. The molecule has 3 rings (SSSR count). The molecule has 0 aliphatic carbocycles. The highest BCUT2D eigenvalue weighted by Crippen LogP contribution is 2.25. The van der Waals surface area contributed by atoms with E-state index in [-0.39, 0.29) is 18.5 Å². The second-order valence-electron chi connectivity index (χ2n) is 7.56. The van der Waals surface area contributed by atoms with E-state index in [0.717, 1.165) is 39.2 Å². The average Bonchev–Trinajstić information content (AvgIpc) is 2.76. The van der Waals surface area contributed by atoms with Gasteiger partial charge >= 0.3 is 0 Å². The Morgan fingerprint density at radius 3 is 2.13 bits per heavy atom. The lowest BCUT2D eigenvalue weighted by Crippen LogP contribution is -2.42. The smallest absolute Gasteiger partial charge is 0.241 e. The molecule has 0 fully saturated rings. The third-order valence-electron chi connectivity index (χ3n) is 5.26. The van der Waals surface area contributed by atoms with Crippen molar-refractivity contribution in [3.63, 3.8) is 0 Å². The SMILES string of the molecule is CCc1ccc(N(CC(=O)N[C@H](c2ccccc2)c2ccccc2C)S(C)(=O)=O)cc1. The second-order valence-corrected chi connectivity index (χ2v) is 9.46. The van der Waals surface area contributed by atoms with Crippen LogP contribution in [0.5, 0.6) is 0 Å². The molecule has 1 atom stereocenters. The van der Waals surface area contributed by atoms with Crippen LogP contribution in [0.2, 0.25) is 0 Å². The van der Waals surface area contributed by atoms with Crippen LogP contribution in [0.4, 0.5) is 5.69 Å². The van der Waals surface area contributed by atoms with E-state index >= 15 is 0 Å². The summed E-state index contributed by atoms with van der Waals surface area (Å²) in [6.45, 7) is 3.74.